The van der Waals surface area contributed by atoms with E-state index in [1.165, 1.54) is 0 Å². The number of fused-ring (bicyclic) bond motifs is 1. The molecule has 0 bridgehead atoms. The minimum atomic E-state index is -0.246. The first-order valence-electron chi connectivity index (χ1n) is 6.45. The second kappa shape index (κ2) is 5.38. The van der Waals surface area contributed by atoms with E-state index in [0.29, 0.717) is 13.0 Å². The molecule has 0 fully saturated rings. The maximum atomic E-state index is 12.3. The van der Waals surface area contributed by atoms with E-state index in [-0.39, 0.29) is 11.9 Å². The minimum absolute atomic E-state index is 0.0279. The zero-order valence-electron chi connectivity index (χ0n) is 11.0. The van der Waals surface area contributed by atoms with Gasteiger partial charge in [-0.3, -0.25) is 10.1 Å². The number of amides is 1. The number of carbonyl (C=O) groups is 1. The van der Waals surface area contributed by atoms with Crippen LogP contribution in [-0.2, 0) is 17.8 Å². The van der Waals surface area contributed by atoms with Gasteiger partial charge < -0.3 is 10.3 Å². The molecule has 2 aromatic rings. The molecular weight excluding hydrogens is 320 g/mol. The molecule has 2 heterocycles. The summed E-state index contributed by atoms with van der Waals surface area (Å²) in [6, 6.07) is 5.53. The van der Waals surface area contributed by atoms with Crippen molar-refractivity contribution in [2.75, 3.05) is 5.32 Å². The lowest BCUT2D eigenvalue weighted by atomic mass is 10.0. The van der Waals surface area contributed by atoms with Crippen LogP contribution in [-0.4, -0.2) is 21.9 Å². The molecule has 0 saturated heterocycles. The van der Waals surface area contributed by atoms with Crippen LogP contribution in [0.1, 0.15) is 17.0 Å². The van der Waals surface area contributed by atoms with Crippen LogP contribution in [0.3, 0.4) is 0 Å². The van der Waals surface area contributed by atoms with Crippen molar-refractivity contribution in [1.82, 2.24) is 15.3 Å². The molecule has 1 aliphatic heterocycles. The monoisotopic (exact) mass is 334 g/mol. The standard InChI is InChI=1S/C14H15BrN4O/c1-8-9(15)3-2-4-10(8)19-14(20)12-5-11-13(6-16-12)18-7-17-11/h2-4,7,12,16H,5-6H2,1H3,(H,17,18)(H,19,20). The molecule has 3 rings (SSSR count). The summed E-state index contributed by atoms with van der Waals surface area (Å²) in [4.78, 5) is 19.7. The summed E-state index contributed by atoms with van der Waals surface area (Å²) < 4.78 is 0.987. The van der Waals surface area contributed by atoms with E-state index in [4.69, 9.17) is 0 Å². The zero-order valence-corrected chi connectivity index (χ0v) is 12.6. The van der Waals surface area contributed by atoms with Gasteiger partial charge >= 0.3 is 0 Å². The summed E-state index contributed by atoms with van der Waals surface area (Å²) >= 11 is 3.47. The van der Waals surface area contributed by atoms with Gasteiger partial charge in [-0.1, -0.05) is 22.0 Å². The maximum absolute atomic E-state index is 12.3. The summed E-state index contributed by atoms with van der Waals surface area (Å²) in [6.07, 6.45) is 2.28. The fraction of sp³-hybridized carbons (Fsp3) is 0.286. The van der Waals surface area contributed by atoms with Crippen LogP contribution in [0.2, 0.25) is 0 Å². The van der Waals surface area contributed by atoms with E-state index in [1.54, 1.807) is 6.33 Å². The van der Waals surface area contributed by atoms with E-state index in [9.17, 15) is 4.79 Å². The summed E-state index contributed by atoms with van der Waals surface area (Å²) in [5.74, 6) is -0.0279. The molecule has 1 amide bonds. The first-order valence-corrected chi connectivity index (χ1v) is 7.25. The number of nitrogens with zero attached hydrogens (tertiary/aromatic N) is 1. The number of rotatable bonds is 2. The molecule has 1 aliphatic rings. The van der Waals surface area contributed by atoms with Crippen molar-refractivity contribution in [3.05, 3.63) is 46.0 Å². The summed E-state index contributed by atoms with van der Waals surface area (Å²) in [7, 11) is 0. The van der Waals surface area contributed by atoms with E-state index in [2.05, 4.69) is 36.5 Å². The molecule has 1 atom stereocenters. The van der Waals surface area contributed by atoms with Gasteiger partial charge in [0.25, 0.3) is 0 Å². The smallest absolute Gasteiger partial charge is 0.241 e. The van der Waals surface area contributed by atoms with Gasteiger partial charge in [0, 0.05) is 23.1 Å². The van der Waals surface area contributed by atoms with Crippen molar-refractivity contribution >= 4 is 27.5 Å². The lowest BCUT2D eigenvalue weighted by molar-refractivity contribution is -0.118. The summed E-state index contributed by atoms with van der Waals surface area (Å²) in [5, 5.41) is 6.19. The van der Waals surface area contributed by atoms with Crippen LogP contribution in [0.5, 0.6) is 0 Å². The Bertz CT molecular complexity index is 652. The Hall–Kier alpha value is -1.66. The van der Waals surface area contributed by atoms with Crippen molar-refractivity contribution in [2.45, 2.75) is 25.9 Å². The first kappa shape index (κ1) is 13.3. The summed E-state index contributed by atoms with van der Waals surface area (Å²) in [6.45, 7) is 2.62. The fourth-order valence-electron chi connectivity index (χ4n) is 2.32. The normalized spacial score (nSPS) is 17.6. The highest BCUT2D eigenvalue weighted by atomic mass is 79.9. The number of hydrogen-bond donors (Lipinski definition) is 3. The Morgan fingerprint density at radius 3 is 3.20 bits per heavy atom. The van der Waals surface area contributed by atoms with Gasteiger partial charge in [-0.15, -0.1) is 0 Å². The molecule has 0 aliphatic carbocycles. The Morgan fingerprint density at radius 2 is 2.35 bits per heavy atom. The molecule has 3 N–H and O–H groups in total. The zero-order chi connectivity index (χ0) is 14.1. The molecule has 1 aromatic carbocycles. The van der Waals surface area contributed by atoms with E-state index in [1.807, 2.05) is 25.1 Å². The van der Waals surface area contributed by atoms with Crippen LogP contribution in [0.25, 0.3) is 0 Å². The third-order valence-electron chi connectivity index (χ3n) is 3.57. The molecule has 104 valence electrons. The van der Waals surface area contributed by atoms with Gasteiger partial charge in [0.05, 0.1) is 23.8 Å². The predicted molar refractivity (Wildman–Crippen MR) is 80.4 cm³/mol. The lowest BCUT2D eigenvalue weighted by Crippen LogP contribution is -2.44. The van der Waals surface area contributed by atoms with Crippen LogP contribution in [0, 0.1) is 6.92 Å². The molecule has 0 radical (unpaired) electrons. The number of nitrogens with one attached hydrogen (secondary N) is 3. The highest BCUT2D eigenvalue weighted by molar-refractivity contribution is 9.10. The number of aromatic nitrogens is 2. The number of halogens is 1. The number of imidazole rings is 1. The topological polar surface area (TPSA) is 69.8 Å². The van der Waals surface area contributed by atoms with Gasteiger partial charge in [0.15, 0.2) is 0 Å². The number of benzene rings is 1. The first-order chi connectivity index (χ1) is 9.65. The minimum Gasteiger partial charge on any atom is -0.347 e. The lowest BCUT2D eigenvalue weighted by Gasteiger charge is -2.22. The number of hydrogen-bond acceptors (Lipinski definition) is 3. The summed E-state index contributed by atoms with van der Waals surface area (Å²) in [5.41, 5.74) is 3.89. The Labute approximate surface area is 125 Å². The number of anilines is 1. The average molecular weight is 335 g/mol. The van der Waals surface area contributed by atoms with E-state index in [0.717, 1.165) is 27.1 Å². The highest BCUT2D eigenvalue weighted by Gasteiger charge is 2.26. The SMILES string of the molecule is Cc1c(Br)cccc1NC(=O)C1Cc2nc[nH]c2CN1. The highest BCUT2D eigenvalue weighted by Crippen LogP contribution is 2.24. The Balaban J connectivity index is 1.73. The van der Waals surface area contributed by atoms with Gasteiger partial charge in [-0.25, -0.2) is 4.98 Å². The van der Waals surface area contributed by atoms with Gasteiger partial charge in [0.1, 0.15) is 0 Å². The van der Waals surface area contributed by atoms with Crippen LogP contribution in [0.4, 0.5) is 5.69 Å². The van der Waals surface area contributed by atoms with Crippen LogP contribution >= 0.6 is 15.9 Å². The fourth-order valence-corrected chi connectivity index (χ4v) is 2.68. The van der Waals surface area contributed by atoms with Crippen molar-refractivity contribution in [2.24, 2.45) is 0 Å². The van der Waals surface area contributed by atoms with Gasteiger partial charge in [0.2, 0.25) is 5.91 Å². The van der Waals surface area contributed by atoms with Gasteiger partial charge in [-0.2, -0.15) is 0 Å². The van der Waals surface area contributed by atoms with Crippen LogP contribution in [0.15, 0.2) is 29.0 Å². The number of aromatic amines is 1. The second-order valence-electron chi connectivity index (χ2n) is 4.87. The van der Waals surface area contributed by atoms with Crippen molar-refractivity contribution in [3.8, 4) is 0 Å². The second-order valence-corrected chi connectivity index (χ2v) is 5.72. The molecular formula is C14H15BrN4O. The molecule has 20 heavy (non-hydrogen) atoms. The molecule has 1 unspecified atom stereocenters. The maximum Gasteiger partial charge on any atom is 0.241 e. The quantitative estimate of drug-likeness (QED) is 0.788. The van der Waals surface area contributed by atoms with Crippen molar-refractivity contribution < 1.29 is 4.79 Å². The number of H-pyrrole nitrogens is 1. The molecule has 5 nitrogen and oxygen atoms in total. The average Bonchev–Trinajstić information content (AvgIpc) is 2.91. The molecule has 0 spiro atoms. The van der Waals surface area contributed by atoms with Crippen molar-refractivity contribution in [3.63, 3.8) is 0 Å². The largest absolute Gasteiger partial charge is 0.347 e. The number of carbonyl (C=O) groups excluding carboxylic acids is 1. The van der Waals surface area contributed by atoms with Gasteiger partial charge in [-0.05, 0) is 24.6 Å². The van der Waals surface area contributed by atoms with E-state index < -0.39 is 0 Å². The predicted octanol–water partition coefficient (Wildman–Crippen LogP) is 2.13. The Morgan fingerprint density at radius 1 is 1.50 bits per heavy atom. The molecule has 1 aromatic heterocycles. The molecule has 0 saturated carbocycles. The van der Waals surface area contributed by atoms with E-state index >= 15 is 0 Å². The third-order valence-corrected chi connectivity index (χ3v) is 4.43. The van der Waals surface area contributed by atoms with Crippen molar-refractivity contribution in [1.29, 1.82) is 0 Å². The third kappa shape index (κ3) is 2.48. The molecule has 6 heteroatoms. The Kier molecular flexibility index (Phi) is 3.58. The van der Waals surface area contributed by atoms with Crippen LogP contribution < -0.4 is 10.6 Å².